The van der Waals surface area contributed by atoms with Gasteiger partial charge in [0.05, 0.1) is 0 Å². The third-order valence-electron chi connectivity index (χ3n) is 2.45. The van der Waals surface area contributed by atoms with Gasteiger partial charge in [0.15, 0.2) is 0 Å². The highest BCUT2D eigenvalue weighted by Gasteiger charge is 2.14. The van der Waals surface area contributed by atoms with Crippen LogP contribution in [0, 0.1) is 5.41 Å². The van der Waals surface area contributed by atoms with Crippen molar-refractivity contribution in [2.45, 2.75) is 32.6 Å². The third-order valence-corrected chi connectivity index (χ3v) is 2.45. The number of phenolic OH excluding ortho intramolecular Hbond substituents is 1. The number of benzene rings is 1. The second-order valence-corrected chi connectivity index (χ2v) is 4.18. The predicted octanol–water partition coefficient (Wildman–Crippen LogP) is 2.88. The number of hydrogen-bond acceptors (Lipinski definition) is 3. The van der Waals surface area contributed by atoms with Gasteiger partial charge in [-0.2, -0.15) is 0 Å². The minimum absolute atomic E-state index is 0.0515. The molecule has 0 heterocycles. The molecule has 0 saturated carbocycles. The highest BCUT2D eigenvalue weighted by molar-refractivity contribution is 5.82. The summed E-state index contributed by atoms with van der Waals surface area (Å²) in [5.41, 5.74) is 1.57. The number of aromatic hydroxyl groups is 1. The highest BCUT2D eigenvalue weighted by Crippen LogP contribution is 2.25. The molecular weight excluding hydrogens is 202 g/mol. The van der Waals surface area contributed by atoms with E-state index in [2.05, 4.69) is 0 Å². The van der Waals surface area contributed by atoms with Crippen molar-refractivity contribution in [1.29, 1.82) is 5.41 Å². The minimum atomic E-state index is 0.0515. The molecule has 86 valence electrons. The monoisotopic (exact) mass is 219 g/mol. The summed E-state index contributed by atoms with van der Waals surface area (Å²) < 4.78 is 0. The number of hydrogen-bond donors (Lipinski definition) is 2. The fourth-order valence-electron chi connectivity index (χ4n) is 1.77. The van der Waals surface area contributed by atoms with Gasteiger partial charge in [0, 0.05) is 12.1 Å². The molecule has 0 spiro atoms. The fraction of sp³-hybridized carbons (Fsp3) is 0.385. The number of ketones is 1. The van der Waals surface area contributed by atoms with Crippen molar-refractivity contribution < 1.29 is 9.90 Å². The summed E-state index contributed by atoms with van der Waals surface area (Å²) in [5.74, 6) is 0.395. The van der Waals surface area contributed by atoms with Crippen molar-refractivity contribution in [2.24, 2.45) is 0 Å². The molecule has 1 aromatic rings. The highest BCUT2D eigenvalue weighted by atomic mass is 16.3. The van der Waals surface area contributed by atoms with E-state index in [-0.39, 0.29) is 17.5 Å². The topological polar surface area (TPSA) is 61.2 Å². The van der Waals surface area contributed by atoms with E-state index in [4.69, 9.17) is 5.41 Å². The van der Waals surface area contributed by atoms with Crippen molar-refractivity contribution in [1.82, 2.24) is 0 Å². The van der Waals surface area contributed by atoms with Gasteiger partial charge in [-0.3, -0.25) is 0 Å². The van der Waals surface area contributed by atoms with Crippen molar-refractivity contribution in [2.75, 3.05) is 0 Å². The number of carbonyl (C=O) groups is 1. The molecule has 0 radical (unpaired) electrons. The Morgan fingerprint density at radius 2 is 1.81 bits per heavy atom. The third kappa shape index (κ3) is 3.85. The van der Waals surface area contributed by atoms with E-state index in [0.29, 0.717) is 18.6 Å². The van der Waals surface area contributed by atoms with Gasteiger partial charge < -0.3 is 15.3 Å². The molecule has 1 aromatic carbocycles. The first-order valence-corrected chi connectivity index (χ1v) is 5.31. The quantitative estimate of drug-likeness (QED) is 0.748. The predicted molar refractivity (Wildman–Crippen MR) is 64.2 cm³/mol. The van der Waals surface area contributed by atoms with Crippen LogP contribution >= 0.6 is 0 Å². The van der Waals surface area contributed by atoms with Crippen molar-refractivity contribution in [3.05, 3.63) is 29.8 Å². The van der Waals surface area contributed by atoms with E-state index >= 15 is 0 Å². The molecule has 0 aliphatic rings. The molecule has 3 nitrogen and oxygen atoms in total. The van der Waals surface area contributed by atoms with Crippen LogP contribution in [0.1, 0.15) is 38.2 Å². The Labute approximate surface area is 95.6 Å². The summed E-state index contributed by atoms with van der Waals surface area (Å²) in [5, 5.41) is 16.7. The van der Waals surface area contributed by atoms with E-state index < -0.39 is 0 Å². The van der Waals surface area contributed by atoms with Gasteiger partial charge >= 0.3 is 0 Å². The molecule has 0 fully saturated rings. The lowest BCUT2D eigenvalue weighted by molar-refractivity contribution is -0.117. The van der Waals surface area contributed by atoms with Crippen LogP contribution in [0.4, 0.5) is 0 Å². The van der Waals surface area contributed by atoms with Crippen molar-refractivity contribution in [3.8, 4) is 5.75 Å². The molecule has 3 heteroatoms. The van der Waals surface area contributed by atoms with Gasteiger partial charge in [0.2, 0.25) is 0 Å². The number of Topliss-reactive ketones (excluding diaryl/α,β-unsaturated/α-hetero) is 1. The lowest BCUT2D eigenvalue weighted by atomic mass is 9.89. The van der Waals surface area contributed by atoms with E-state index in [1.54, 1.807) is 26.0 Å². The maximum Gasteiger partial charge on any atom is 0.130 e. The average Bonchev–Trinajstić information content (AvgIpc) is 2.16. The summed E-state index contributed by atoms with van der Waals surface area (Å²) in [7, 11) is 0. The number of nitrogens with one attached hydrogen (secondary N) is 1. The minimum Gasteiger partial charge on any atom is -0.508 e. The van der Waals surface area contributed by atoms with Crippen LogP contribution in [0.15, 0.2) is 24.3 Å². The van der Waals surface area contributed by atoms with E-state index in [1.807, 2.05) is 12.1 Å². The van der Waals surface area contributed by atoms with Crippen LogP contribution in [-0.2, 0) is 4.79 Å². The molecule has 0 bridgehead atoms. The maximum absolute atomic E-state index is 11.2. The Hall–Kier alpha value is -1.64. The lowest BCUT2D eigenvalue weighted by Gasteiger charge is -2.15. The van der Waals surface area contributed by atoms with E-state index in [9.17, 15) is 9.90 Å². The lowest BCUT2D eigenvalue weighted by Crippen LogP contribution is -2.08. The smallest absolute Gasteiger partial charge is 0.130 e. The van der Waals surface area contributed by atoms with Gasteiger partial charge in [-0.05, 0) is 43.9 Å². The normalized spacial score (nSPS) is 12.1. The number of phenols is 1. The second-order valence-electron chi connectivity index (χ2n) is 4.18. The first-order chi connectivity index (χ1) is 7.49. The average molecular weight is 219 g/mol. The Morgan fingerprint density at radius 1 is 1.25 bits per heavy atom. The molecule has 1 atom stereocenters. The molecule has 0 aliphatic carbocycles. The van der Waals surface area contributed by atoms with Crippen molar-refractivity contribution in [3.63, 3.8) is 0 Å². The van der Waals surface area contributed by atoms with E-state index in [0.717, 1.165) is 5.56 Å². The summed E-state index contributed by atoms with van der Waals surface area (Å²) in [6.45, 7) is 3.31. The van der Waals surface area contributed by atoms with Gasteiger partial charge in [-0.15, -0.1) is 0 Å². The van der Waals surface area contributed by atoms with Gasteiger partial charge in [-0.1, -0.05) is 12.1 Å². The molecule has 0 amide bonds. The van der Waals surface area contributed by atoms with Crippen LogP contribution in [0.25, 0.3) is 0 Å². The molecule has 0 saturated heterocycles. The summed E-state index contributed by atoms with van der Waals surface area (Å²) in [4.78, 5) is 11.2. The fourth-order valence-corrected chi connectivity index (χ4v) is 1.77. The van der Waals surface area contributed by atoms with Crippen LogP contribution in [-0.4, -0.2) is 16.6 Å². The first kappa shape index (κ1) is 12.4. The summed E-state index contributed by atoms with van der Waals surface area (Å²) >= 11 is 0. The first-order valence-electron chi connectivity index (χ1n) is 5.31. The molecule has 1 unspecified atom stereocenters. The second kappa shape index (κ2) is 5.45. The standard InChI is InChI=1S/C13H17NO2/c1-9(14)7-12(8-10(2)15)11-3-5-13(16)6-4-11/h3-6,12,14,16H,7-8H2,1-2H3. The van der Waals surface area contributed by atoms with Gasteiger partial charge in [0.25, 0.3) is 0 Å². The Kier molecular flexibility index (Phi) is 4.23. The van der Waals surface area contributed by atoms with Crippen LogP contribution < -0.4 is 0 Å². The zero-order valence-corrected chi connectivity index (χ0v) is 9.66. The molecule has 0 aromatic heterocycles. The largest absolute Gasteiger partial charge is 0.508 e. The maximum atomic E-state index is 11.2. The number of carbonyl (C=O) groups excluding carboxylic acids is 1. The Morgan fingerprint density at radius 3 is 2.25 bits per heavy atom. The molecular formula is C13H17NO2. The molecule has 1 rings (SSSR count). The van der Waals surface area contributed by atoms with Crippen LogP contribution in [0.5, 0.6) is 5.75 Å². The SMILES string of the molecule is CC(=N)CC(CC(C)=O)c1ccc(O)cc1. The zero-order chi connectivity index (χ0) is 12.1. The zero-order valence-electron chi connectivity index (χ0n) is 9.66. The molecule has 2 N–H and O–H groups in total. The van der Waals surface area contributed by atoms with Crippen LogP contribution in [0.2, 0.25) is 0 Å². The van der Waals surface area contributed by atoms with Crippen molar-refractivity contribution >= 4 is 11.5 Å². The molecule has 0 aliphatic heterocycles. The van der Waals surface area contributed by atoms with Crippen LogP contribution in [0.3, 0.4) is 0 Å². The summed E-state index contributed by atoms with van der Waals surface area (Å²) in [6, 6.07) is 6.85. The van der Waals surface area contributed by atoms with Gasteiger partial charge in [-0.25, -0.2) is 0 Å². The molecule has 16 heavy (non-hydrogen) atoms. The summed E-state index contributed by atoms with van der Waals surface area (Å²) in [6.07, 6.45) is 1.03. The van der Waals surface area contributed by atoms with Gasteiger partial charge in [0.1, 0.15) is 11.5 Å². The number of rotatable bonds is 5. The Balaban J connectivity index is 2.86. The van der Waals surface area contributed by atoms with E-state index in [1.165, 1.54) is 0 Å². The Bertz CT molecular complexity index is 365.